The molecule has 4 rings (SSSR count). The van der Waals surface area contributed by atoms with Crippen LogP contribution < -0.4 is 9.62 Å². The summed E-state index contributed by atoms with van der Waals surface area (Å²) in [6.07, 6.45) is 4.88. The van der Waals surface area contributed by atoms with E-state index in [2.05, 4.69) is 5.32 Å². The molecule has 1 atom stereocenters. The number of aryl methyl sites for hydroxylation is 1. The van der Waals surface area contributed by atoms with Gasteiger partial charge in [-0.3, -0.25) is 13.9 Å². The molecule has 10 heteroatoms. The van der Waals surface area contributed by atoms with Gasteiger partial charge >= 0.3 is 0 Å². The van der Waals surface area contributed by atoms with Crippen LogP contribution in [0.3, 0.4) is 0 Å². The summed E-state index contributed by atoms with van der Waals surface area (Å²) in [6.45, 7) is 2.62. The summed E-state index contributed by atoms with van der Waals surface area (Å²) in [7, 11) is -4.19. The van der Waals surface area contributed by atoms with Crippen molar-refractivity contribution in [2.24, 2.45) is 0 Å². The van der Waals surface area contributed by atoms with E-state index in [1.807, 2.05) is 6.92 Å². The number of carbonyl (C=O) groups excluding carboxylic acids is 2. The maximum absolute atomic E-state index is 14.7. The van der Waals surface area contributed by atoms with Crippen molar-refractivity contribution >= 4 is 39.1 Å². The summed E-state index contributed by atoms with van der Waals surface area (Å²) in [6, 6.07) is 17.5. The third-order valence-corrected chi connectivity index (χ3v) is 9.46. The van der Waals surface area contributed by atoms with Gasteiger partial charge in [-0.25, -0.2) is 12.8 Å². The van der Waals surface area contributed by atoms with E-state index in [-0.39, 0.29) is 34.6 Å². The molecule has 3 aromatic rings. The minimum absolute atomic E-state index is 0.00888. The Morgan fingerprint density at radius 3 is 2.24 bits per heavy atom. The average Bonchev–Trinajstić information content (AvgIpc) is 2.96. The normalized spacial score (nSPS) is 14.7. The Bertz CT molecular complexity index is 1460. The molecule has 1 unspecified atom stereocenters. The molecule has 0 aliphatic heterocycles. The number of benzene rings is 3. The lowest BCUT2D eigenvalue weighted by molar-refractivity contribution is -0.139. The van der Waals surface area contributed by atoms with Crippen LogP contribution in [0.15, 0.2) is 77.7 Å². The van der Waals surface area contributed by atoms with Crippen molar-refractivity contribution in [3.63, 3.8) is 0 Å². The molecule has 218 valence electrons. The summed E-state index contributed by atoms with van der Waals surface area (Å²) < 4.78 is 43.4. The number of halogens is 2. The Morgan fingerprint density at radius 2 is 1.61 bits per heavy atom. The van der Waals surface area contributed by atoms with Crippen molar-refractivity contribution in [3.05, 3.63) is 94.8 Å². The molecule has 7 nitrogen and oxygen atoms in total. The number of hydrogen-bond acceptors (Lipinski definition) is 4. The third kappa shape index (κ3) is 7.65. The fourth-order valence-electron chi connectivity index (χ4n) is 4.94. The van der Waals surface area contributed by atoms with Crippen LogP contribution in [0.25, 0.3) is 0 Å². The van der Waals surface area contributed by atoms with E-state index in [4.69, 9.17) is 11.6 Å². The number of carbonyl (C=O) groups is 2. The molecule has 1 saturated carbocycles. The molecule has 0 spiro atoms. The highest BCUT2D eigenvalue weighted by Crippen LogP contribution is 2.26. The van der Waals surface area contributed by atoms with E-state index in [1.165, 1.54) is 47.4 Å². The fraction of sp³-hybridized carbons (Fsp3) is 0.355. The van der Waals surface area contributed by atoms with E-state index < -0.39 is 34.3 Å². The van der Waals surface area contributed by atoms with Crippen molar-refractivity contribution < 1.29 is 22.4 Å². The van der Waals surface area contributed by atoms with Gasteiger partial charge in [0.15, 0.2) is 0 Å². The van der Waals surface area contributed by atoms with E-state index in [9.17, 15) is 22.4 Å². The first-order valence-electron chi connectivity index (χ1n) is 13.7. The first-order valence-corrected chi connectivity index (χ1v) is 15.6. The maximum atomic E-state index is 14.7. The summed E-state index contributed by atoms with van der Waals surface area (Å²) in [5.74, 6) is -1.53. The van der Waals surface area contributed by atoms with Crippen molar-refractivity contribution in [3.8, 4) is 0 Å². The predicted octanol–water partition coefficient (Wildman–Crippen LogP) is 5.85. The fourth-order valence-corrected chi connectivity index (χ4v) is 6.48. The van der Waals surface area contributed by atoms with Crippen molar-refractivity contribution in [2.75, 3.05) is 10.8 Å². The van der Waals surface area contributed by atoms with E-state index in [1.54, 1.807) is 37.3 Å². The molecular weight excluding hydrogens is 565 g/mol. The first-order chi connectivity index (χ1) is 19.6. The van der Waals surface area contributed by atoms with Crippen LogP contribution in [-0.4, -0.2) is 43.8 Å². The topological polar surface area (TPSA) is 86.8 Å². The zero-order valence-electron chi connectivity index (χ0n) is 23.2. The van der Waals surface area contributed by atoms with Crippen LogP contribution in [-0.2, 0) is 26.2 Å². The maximum Gasteiger partial charge on any atom is 0.264 e. The van der Waals surface area contributed by atoms with Gasteiger partial charge in [-0.2, -0.15) is 0 Å². The quantitative estimate of drug-likeness (QED) is 0.317. The van der Waals surface area contributed by atoms with E-state index in [0.717, 1.165) is 42.0 Å². The summed E-state index contributed by atoms with van der Waals surface area (Å²) in [4.78, 5) is 28.6. The molecule has 1 aliphatic carbocycles. The predicted molar refractivity (Wildman–Crippen MR) is 159 cm³/mol. The van der Waals surface area contributed by atoms with Crippen LogP contribution in [0, 0.1) is 12.7 Å². The number of anilines is 1. The highest BCUT2D eigenvalue weighted by molar-refractivity contribution is 7.92. The molecule has 0 saturated heterocycles. The number of nitrogens with one attached hydrogen (secondary N) is 1. The molecule has 1 aliphatic rings. The van der Waals surface area contributed by atoms with Gasteiger partial charge in [0.05, 0.1) is 10.6 Å². The Hall–Kier alpha value is -3.43. The summed E-state index contributed by atoms with van der Waals surface area (Å²) in [5.41, 5.74) is 1.33. The SMILES string of the molecule is Cc1ccc(S(=O)(=O)N(CC(=O)N(Cc2ccccc2F)C(C)C(=O)NC2CCCCC2)c2ccc(Cl)cc2)cc1. The average molecular weight is 600 g/mol. The molecule has 1 N–H and O–H groups in total. The largest absolute Gasteiger partial charge is 0.352 e. The standard InChI is InChI=1S/C31H35ClFN3O4S/c1-22-12-18-28(19-13-22)41(39,40)36(27-16-14-25(32)15-17-27)21-30(37)35(20-24-8-6-7-11-29(24)33)23(2)31(38)34-26-9-4-3-5-10-26/h6-8,11-19,23,26H,3-5,9-10,20-21H2,1-2H3,(H,34,38). The Balaban J connectivity index is 1.68. The third-order valence-electron chi connectivity index (χ3n) is 7.42. The molecule has 0 heterocycles. The van der Waals surface area contributed by atoms with Crippen LogP contribution in [0.5, 0.6) is 0 Å². The van der Waals surface area contributed by atoms with Crippen LogP contribution in [0.1, 0.15) is 50.2 Å². The molecule has 0 radical (unpaired) electrons. The van der Waals surface area contributed by atoms with Crippen molar-refractivity contribution in [2.45, 2.75) is 69.5 Å². The second-order valence-electron chi connectivity index (χ2n) is 10.4. The van der Waals surface area contributed by atoms with Gasteiger partial charge in [0.1, 0.15) is 18.4 Å². The lowest BCUT2D eigenvalue weighted by Gasteiger charge is -2.33. The number of nitrogens with zero attached hydrogens (tertiary/aromatic N) is 2. The second-order valence-corrected chi connectivity index (χ2v) is 12.7. The van der Waals surface area contributed by atoms with E-state index in [0.29, 0.717) is 5.02 Å². The van der Waals surface area contributed by atoms with Crippen molar-refractivity contribution in [1.82, 2.24) is 10.2 Å². The minimum Gasteiger partial charge on any atom is -0.352 e. The molecule has 1 fully saturated rings. The zero-order valence-corrected chi connectivity index (χ0v) is 24.8. The highest BCUT2D eigenvalue weighted by atomic mass is 35.5. The number of rotatable bonds is 10. The minimum atomic E-state index is -4.19. The molecular formula is C31H35ClFN3O4S. The van der Waals surface area contributed by atoms with Gasteiger partial charge in [0.25, 0.3) is 10.0 Å². The van der Waals surface area contributed by atoms with Gasteiger partial charge in [0.2, 0.25) is 11.8 Å². The van der Waals surface area contributed by atoms with Gasteiger partial charge < -0.3 is 10.2 Å². The Kier molecular flexibility index (Phi) is 10.0. The number of sulfonamides is 1. The molecule has 0 bridgehead atoms. The van der Waals surface area contributed by atoms with Gasteiger partial charge in [-0.15, -0.1) is 0 Å². The van der Waals surface area contributed by atoms with Gasteiger partial charge in [-0.05, 0) is 69.2 Å². The first kappa shape index (κ1) is 30.5. The summed E-state index contributed by atoms with van der Waals surface area (Å²) in [5, 5.41) is 3.44. The Morgan fingerprint density at radius 1 is 0.976 bits per heavy atom. The second kappa shape index (κ2) is 13.5. The molecule has 2 amide bonds. The van der Waals surface area contributed by atoms with Gasteiger partial charge in [0, 0.05) is 23.2 Å². The lowest BCUT2D eigenvalue weighted by atomic mass is 9.95. The smallest absolute Gasteiger partial charge is 0.264 e. The van der Waals surface area contributed by atoms with E-state index >= 15 is 0 Å². The van der Waals surface area contributed by atoms with Gasteiger partial charge in [-0.1, -0.05) is 66.8 Å². The number of amides is 2. The monoisotopic (exact) mass is 599 g/mol. The van der Waals surface area contributed by atoms with Crippen molar-refractivity contribution in [1.29, 1.82) is 0 Å². The lowest BCUT2D eigenvalue weighted by Crippen LogP contribution is -2.53. The highest BCUT2D eigenvalue weighted by Gasteiger charge is 2.33. The Labute approximate surface area is 246 Å². The van der Waals surface area contributed by atoms with Crippen LogP contribution in [0.2, 0.25) is 5.02 Å². The van der Waals surface area contributed by atoms with Crippen LogP contribution >= 0.6 is 11.6 Å². The number of hydrogen-bond donors (Lipinski definition) is 1. The molecule has 3 aromatic carbocycles. The zero-order chi connectivity index (χ0) is 29.6. The summed E-state index contributed by atoms with van der Waals surface area (Å²) >= 11 is 6.06. The molecule has 41 heavy (non-hydrogen) atoms. The van der Waals surface area contributed by atoms with Crippen LogP contribution in [0.4, 0.5) is 10.1 Å². The molecule has 0 aromatic heterocycles.